The summed E-state index contributed by atoms with van der Waals surface area (Å²) in [6, 6.07) is 8.55. The van der Waals surface area contributed by atoms with Gasteiger partial charge >= 0.3 is 0 Å². The van der Waals surface area contributed by atoms with Crippen molar-refractivity contribution < 1.29 is 4.74 Å². The second-order valence-corrected chi connectivity index (χ2v) is 5.51. The van der Waals surface area contributed by atoms with Gasteiger partial charge in [-0.1, -0.05) is 36.4 Å². The van der Waals surface area contributed by atoms with E-state index in [0.717, 1.165) is 6.54 Å². The van der Waals surface area contributed by atoms with Crippen molar-refractivity contribution in [2.24, 2.45) is 0 Å². The van der Waals surface area contributed by atoms with E-state index in [-0.39, 0.29) is 5.54 Å². The molecule has 18 heavy (non-hydrogen) atoms. The molecule has 1 N–H and O–H groups in total. The number of rotatable bonds is 6. The van der Waals surface area contributed by atoms with Gasteiger partial charge in [0, 0.05) is 12.1 Å². The van der Waals surface area contributed by atoms with Crippen LogP contribution in [0.25, 0.3) is 0 Å². The highest BCUT2D eigenvalue weighted by Gasteiger charge is 2.08. The lowest BCUT2D eigenvalue weighted by molar-refractivity contribution is 0.148. The lowest BCUT2D eigenvalue weighted by Crippen LogP contribution is -2.35. The fraction of sp³-hybridized carbons (Fsp3) is 0.500. The predicted molar refractivity (Wildman–Crippen MR) is 77.5 cm³/mol. The maximum absolute atomic E-state index is 5.55. The summed E-state index contributed by atoms with van der Waals surface area (Å²) >= 11 is 0. The van der Waals surface area contributed by atoms with E-state index >= 15 is 0 Å². The smallest absolute Gasteiger partial charge is 0.0721 e. The Balaban J connectivity index is 2.46. The summed E-state index contributed by atoms with van der Waals surface area (Å²) in [5.74, 6) is 0. The van der Waals surface area contributed by atoms with Crippen molar-refractivity contribution in [1.82, 2.24) is 5.32 Å². The van der Waals surface area contributed by atoms with E-state index in [1.165, 1.54) is 11.1 Å². The summed E-state index contributed by atoms with van der Waals surface area (Å²) in [6.45, 7) is 10.8. The monoisotopic (exact) mass is 247 g/mol. The van der Waals surface area contributed by atoms with Crippen LogP contribution in [0.5, 0.6) is 0 Å². The Kier molecular flexibility index (Phi) is 6.10. The molecular weight excluding hydrogens is 222 g/mol. The van der Waals surface area contributed by atoms with Gasteiger partial charge in [0.05, 0.1) is 13.2 Å². The third kappa shape index (κ3) is 6.58. The average Bonchev–Trinajstić information content (AvgIpc) is 2.32. The van der Waals surface area contributed by atoms with Gasteiger partial charge in [0.1, 0.15) is 0 Å². The van der Waals surface area contributed by atoms with Crippen molar-refractivity contribution in [2.75, 3.05) is 6.61 Å². The van der Waals surface area contributed by atoms with Crippen LogP contribution in [0.3, 0.4) is 0 Å². The first kappa shape index (κ1) is 14.9. The Bertz CT molecular complexity index is 377. The molecule has 2 nitrogen and oxygen atoms in total. The summed E-state index contributed by atoms with van der Waals surface area (Å²) in [5.41, 5.74) is 2.68. The van der Waals surface area contributed by atoms with Crippen molar-refractivity contribution in [3.05, 3.63) is 47.5 Å². The van der Waals surface area contributed by atoms with Crippen LogP contribution >= 0.6 is 0 Å². The number of hydrogen-bond donors (Lipinski definition) is 1. The summed E-state index contributed by atoms with van der Waals surface area (Å²) in [5, 5.41) is 3.49. The standard InChI is InChI=1S/C16H25NO/c1-5-6-10-18-13-15-9-7-8-14(11-15)12-17-16(2,3)4/h5-9,11,17H,10,12-13H2,1-4H3. The zero-order valence-corrected chi connectivity index (χ0v) is 12.0. The number of nitrogens with one attached hydrogen (secondary N) is 1. The molecule has 1 aromatic carbocycles. The Morgan fingerprint density at radius 3 is 2.61 bits per heavy atom. The van der Waals surface area contributed by atoms with Crippen LogP contribution < -0.4 is 5.32 Å². The van der Waals surface area contributed by atoms with Gasteiger partial charge in [-0.05, 0) is 38.8 Å². The van der Waals surface area contributed by atoms with E-state index in [1.807, 2.05) is 19.1 Å². The van der Waals surface area contributed by atoms with Crippen molar-refractivity contribution >= 4 is 0 Å². The quantitative estimate of drug-likeness (QED) is 0.612. The van der Waals surface area contributed by atoms with E-state index in [0.29, 0.717) is 13.2 Å². The predicted octanol–water partition coefficient (Wildman–Crippen LogP) is 3.67. The van der Waals surface area contributed by atoms with Crippen LogP contribution in [0.1, 0.15) is 38.8 Å². The van der Waals surface area contributed by atoms with E-state index < -0.39 is 0 Å². The summed E-state index contributed by atoms with van der Waals surface area (Å²) in [6.07, 6.45) is 4.02. The highest BCUT2D eigenvalue weighted by atomic mass is 16.5. The summed E-state index contributed by atoms with van der Waals surface area (Å²) < 4.78 is 5.55. The van der Waals surface area contributed by atoms with Gasteiger partial charge in [-0.3, -0.25) is 0 Å². The molecule has 100 valence electrons. The molecule has 0 heterocycles. The van der Waals surface area contributed by atoms with E-state index in [2.05, 4.69) is 50.4 Å². The largest absolute Gasteiger partial charge is 0.373 e. The van der Waals surface area contributed by atoms with Crippen LogP contribution in [0, 0.1) is 0 Å². The van der Waals surface area contributed by atoms with Crippen molar-refractivity contribution in [2.45, 2.75) is 46.4 Å². The lowest BCUT2D eigenvalue weighted by Gasteiger charge is -2.20. The van der Waals surface area contributed by atoms with E-state index in [9.17, 15) is 0 Å². The first-order chi connectivity index (χ1) is 8.51. The fourth-order valence-corrected chi connectivity index (χ4v) is 1.54. The van der Waals surface area contributed by atoms with Crippen LogP contribution in [0.2, 0.25) is 0 Å². The van der Waals surface area contributed by atoms with Gasteiger partial charge in [-0.25, -0.2) is 0 Å². The van der Waals surface area contributed by atoms with Crippen LogP contribution in [-0.4, -0.2) is 12.1 Å². The molecule has 2 heteroatoms. The van der Waals surface area contributed by atoms with Crippen LogP contribution in [-0.2, 0) is 17.9 Å². The van der Waals surface area contributed by atoms with Gasteiger partial charge in [0.15, 0.2) is 0 Å². The lowest BCUT2D eigenvalue weighted by atomic mass is 10.1. The van der Waals surface area contributed by atoms with Crippen molar-refractivity contribution in [1.29, 1.82) is 0 Å². The number of ether oxygens (including phenoxy) is 1. The zero-order chi connectivity index (χ0) is 13.4. The highest BCUT2D eigenvalue weighted by Crippen LogP contribution is 2.08. The molecule has 0 unspecified atom stereocenters. The molecular formula is C16H25NO. The molecule has 1 rings (SSSR count). The van der Waals surface area contributed by atoms with Gasteiger partial charge in [-0.2, -0.15) is 0 Å². The normalized spacial score (nSPS) is 12.2. The Morgan fingerprint density at radius 1 is 1.22 bits per heavy atom. The molecule has 0 spiro atoms. The van der Waals surface area contributed by atoms with E-state index in [4.69, 9.17) is 4.74 Å². The van der Waals surface area contributed by atoms with Gasteiger partial charge in [0.2, 0.25) is 0 Å². The summed E-state index contributed by atoms with van der Waals surface area (Å²) in [7, 11) is 0. The van der Waals surface area contributed by atoms with Gasteiger partial charge in [0.25, 0.3) is 0 Å². The minimum Gasteiger partial charge on any atom is -0.373 e. The van der Waals surface area contributed by atoms with E-state index in [1.54, 1.807) is 0 Å². The van der Waals surface area contributed by atoms with Gasteiger partial charge < -0.3 is 10.1 Å². The third-order valence-corrected chi connectivity index (χ3v) is 2.53. The summed E-state index contributed by atoms with van der Waals surface area (Å²) in [4.78, 5) is 0. The molecule has 0 aliphatic rings. The first-order valence-electron chi connectivity index (χ1n) is 6.53. The molecule has 0 saturated heterocycles. The second-order valence-electron chi connectivity index (χ2n) is 5.51. The molecule has 0 amide bonds. The Morgan fingerprint density at radius 2 is 1.94 bits per heavy atom. The maximum atomic E-state index is 5.55. The number of allylic oxidation sites excluding steroid dienone is 1. The molecule has 0 atom stereocenters. The minimum atomic E-state index is 0.151. The molecule has 0 radical (unpaired) electrons. The molecule has 0 saturated carbocycles. The topological polar surface area (TPSA) is 21.3 Å². The first-order valence-corrected chi connectivity index (χ1v) is 6.53. The molecule has 0 aliphatic heterocycles. The fourth-order valence-electron chi connectivity index (χ4n) is 1.54. The van der Waals surface area contributed by atoms with Crippen molar-refractivity contribution in [3.63, 3.8) is 0 Å². The minimum absolute atomic E-state index is 0.151. The second kappa shape index (κ2) is 7.34. The van der Waals surface area contributed by atoms with Crippen LogP contribution in [0.4, 0.5) is 0 Å². The Hall–Kier alpha value is -1.12. The van der Waals surface area contributed by atoms with Crippen molar-refractivity contribution in [3.8, 4) is 0 Å². The molecule has 0 aromatic heterocycles. The number of hydrogen-bond acceptors (Lipinski definition) is 2. The Labute approximate surface area is 111 Å². The molecule has 0 bridgehead atoms. The average molecular weight is 247 g/mol. The molecule has 1 aromatic rings. The van der Waals surface area contributed by atoms with Crippen LogP contribution in [0.15, 0.2) is 36.4 Å². The van der Waals surface area contributed by atoms with Gasteiger partial charge in [-0.15, -0.1) is 0 Å². The highest BCUT2D eigenvalue weighted by molar-refractivity contribution is 5.23. The maximum Gasteiger partial charge on any atom is 0.0721 e. The third-order valence-electron chi connectivity index (χ3n) is 2.53. The molecule has 0 aliphatic carbocycles. The zero-order valence-electron chi connectivity index (χ0n) is 12.0. The SMILES string of the molecule is CC=CCOCc1cccc(CNC(C)(C)C)c1. The molecule has 0 fully saturated rings. The number of benzene rings is 1.